The fraction of sp³-hybridized carbons (Fsp3) is 0.222. The van der Waals surface area contributed by atoms with Crippen LogP contribution in [0.5, 0.6) is 5.75 Å². The van der Waals surface area contributed by atoms with Gasteiger partial charge in [-0.3, -0.25) is 19.9 Å². The summed E-state index contributed by atoms with van der Waals surface area (Å²) in [5.41, 5.74) is 0.313. The second-order valence-electron chi connectivity index (χ2n) is 6.21. The first-order valence-electron chi connectivity index (χ1n) is 8.45. The molecule has 7 nitrogen and oxygen atoms in total. The lowest BCUT2D eigenvalue weighted by atomic mass is 9.98. The van der Waals surface area contributed by atoms with Crippen LogP contribution in [0.3, 0.4) is 0 Å². The Labute approximate surface area is 181 Å². The van der Waals surface area contributed by atoms with Crippen LogP contribution in [0.25, 0.3) is 11.1 Å². The number of carbonyl (C=O) groups is 1. The van der Waals surface area contributed by atoms with Crippen molar-refractivity contribution in [3.63, 3.8) is 0 Å². The number of aromatic nitrogens is 3. The molecule has 2 heterocycles. The smallest absolute Gasteiger partial charge is 0.408 e. The number of nitrogens with one attached hydrogen (secondary N) is 1. The van der Waals surface area contributed by atoms with Crippen LogP contribution in [0.1, 0.15) is 16.1 Å². The molecule has 3 rings (SSSR count). The van der Waals surface area contributed by atoms with Crippen LogP contribution >= 0.6 is 22.9 Å². The van der Waals surface area contributed by atoms with E-state index in [9.17, 15) is 27.2 Å². The number of pyridine rings is 1. The average Bonchev–Trinajstić information content (AvgIpc) is 3.00. The molecule has 0 radical (unpaired) electrons. The van der Waals surface area contributed by atoms with Crippen molar-refractivity contribution in [3.05, 3.63) is 56.2 Å². The number of anilines is 1. The predicted octanol–water partition coefficient (Wildman–Crippen LogP) is 4.29. The van der Waals surface area contributed by atoms with Crippen molar-refractivity contribution in [2.75, 3.05) is 12.4 Å². The highest BCUT2D eigenvalue weighted by Crippen LogP contribution is 2.38. The highest BCUT2D eigenvalue weighted by atomic mass is 35.5. The van der Waals surface area contributed by atoms with Crippen LogP contribution in [0.2, 0.25) is 5.02 Å². The second kappa shape index (κ2) is 8.63. The molecule has 0 unspecified atom stereocenters. The van der Waals surface area contributed by atoms with Gasteiger partial charge in [-0.2, -0.15) is 13.2 Å². The third-order valence-corrected chi connectivity index (χ3v) is 5.04. The first kappa shape index (κ1) is 22.7. The fourth-order valence-corrected chi connectivity index (χ4v) is 3.51. The van der Waals surface area contributed by atoms with E-state index >= 15 is 0 Å². The maximum Gasteiger partial charge on any atom is 0.408 e. The Hall–Kier alpha value is -2.99. The van der Waals surface area contributed by atoms with E-state index in [0.29, 0.717) is 17.0 Å². The molecule has 0 saturated carbocycles. The number of methoxy groups -OCH3 is 1. The average molecular weight is 477 g/mol. The molecule has 0 aliphatic rings. The molecule has 0 aliphatic heterocycles. The lowest BCUT2D eigenvalue weighted by Gasteiger charge is -2.14. The van der Waals surface area contributed by atoms with E-state index in [1.807, 2.05) is 0 Å². The maximum atomic E-state index is 14.8. The van der Waals surface area contributed by atoms with Crippen LogP contribution in [-0.2, 0) is 6.54 Å². The van der Waals surface area contributed by atoms with E-state index in [4.69, 9.17) is 16.3 Å². The van der Waals surface area contributed by atoms with Crippen molar-refractivity contribution in [1.29, 1.82) is 0 Å². The summed E-state index contributed by atoms with van der Waals surface area (Å²) in [4.78, 5) is 27.5. The predicted molar refractivity (Wildman–Crippen MR) is 106 cm³/mol. The third kappa shape index (κ3) is 5.02. The van der Waals surface area contributed by atoms with Gasteiger partial charge in [-0.15, -0.1) is 5.10 Å². The maximum absolute atomic E-state index is 14.8. The first-order valence-corrected chi connectivity index (χ1v) is 9.64. The van der Waals surface area contributed by atoms with Crippen LogP contribution in [0, 0.1) is 12.7 Å². The molecule has 1 N–H and O–H groups in total. The van der Waals surface area contributed by atoms with Gasteiger partial charge in [0.15, 0.2) is 5.82 Å². The van der Waals surface area contributed by atoms with Gasteiger partial charge in [0.1, 0.15) is 12.3 Å². The molecule has 31 heavy (non-hydrogen) atoms. The van der Waals surface area contributed by atoms with Crippen molar-refractivity contribution >= 4 is 34.0 Å². The first-order chi connectivity index (χ1) is 14.5. The van der Waals surface area contributed by atoms with Gasteiger partial charge in [-0.25, -0.2) is 9.07 Å². The molecule has 0 spiro atoms. The topological polar surface area (TPSA) is 86.1 Å². The lowest BCUT2D eigenvalue weighted by Crippen LogP contribution is -2.25. The summed E-state index contributed by atoms with van der Waals surface area (Å²) in [7, 11) is 1.31. The fourth-order valence-electron chi connectivity index (χ4n) is 2.69. The molecule has 1 aromatic carbocycles. The van der Waals surface area contributed by atoms with Crippen molar-refractivity contribution in [2.24, 2.45) is 0 Å². The van der Waals surface area contributed by atoms with Gasteiger partial charge in [-0.05, 0) is 36.5 Å². The largest absolute Gasteiger partial charge is 0.496 e. The molecule has 0 fully saturated rings. The zero-order chi connectivity index (χ0) is 22.9. The highest BCUT2D eigenvalue weighted by Gasteiger charge is 2.30. The van der Waals surface area contributed by atoms with Gasteiger partial charge in [-0.1, -0.05) is 11.6 Å². The summed E-state index contributed by atoms with van der Waals surface area (Å²) in [5, 5.41) is 5.16. The minimum Gasteiger partial charge on any atom is -0.496 e. The summed E-state index contributed by atoms with van der Waals surface area (Å²) in [6.07, 6.45) is -3.50. The molecule has 13 heteroatoms. The summed E-state index contributed by atoms with van der Waals surface area (Å²) < 4.78 is 57.8. The minimum atomic E-state index is -4.66. The number of amides is 1. The molecule has 0 atom stereocenters. The van der Waals surface area contributed by atoms with E-state index in [-0.39, 0.29) is 37.3 Å². The van der Waals surface area contributed by atoms with Crippen LogP contribution < -0.4 is 14.9 Å². The Morgan fingerprint density at radius 2 is 2.06 bits per heavy atom. The van der Waals surface area contributed by atoms with Gasteiger partial charge in [0, 0.05) is 17.5 Å². The molecule has 164 valence electrons. The summed E-state index contributed by atoms with van der Waals surface area (Å²) in [6, 6.07) is 4.14. The Bertz CT molecular complexity index is 1210. The molecular formula is C18H13ClF4N4O3S. The summed E-state index contributed by atoms with van der Waals surface area (Å²) in [5.74, 6) is -1.60. The van der Waals surface area contributed by atoms with Crippen molar-refractivity contribution in [2.45, 2.75) is 19.6 Å². The number of benzene rings is 1. The Morgan fingerprint density at radius 3 is 2.71 bits per heavy atom. The number of aryl methyl sites for hydroxylation is 1. The van der Waals surface area contributed by atoms with Gasteiger partial charge in [0.2, 0.25) is 5.13 Å². The SMILES string of the molecule is COc1ccc(Cl)c(F)c1-c1cc(C)ncc1C(=O)Nc1nn(CC(F)(F)F)c(=O)s1. The van der Waals surface area contributed by atoms with Crippen molar-refractivity contribution in [1.82, 2.24) is 14.8 Å². The van der Waals surface area contributed by atoms with Gasteiger partial charge in [0.25, 0.3) is 5.91 Å². The van der Waals surface area contributed by atoms with E-state index in [0.717, 1.165) is 6.20 Å². The van der Waals surface area contributed by atoms with Gasteiger partial charge in [0.05, 0.1) is 23.3 Å². The number of ether oxygens (including phenoxy) is 1. The number of carbonyl (C=O) groups excluding carboxylic acids is 1. The molecule has 2 aromatic heterocycles. The van der Waals surface area contributed by atoms with Crippen LogP contribution in [0.15, 0.2) is 29.2 Å². The minimum absolute atomic E-state index is 0.0870. The second-order valence-corrected chi connectivity index (χ2v) is 7.56. The Balaban J connectivity index is 2.03. The Kier molecular flexibility index (Phi) is 6.32. The normalized spacial score (nSPS) is 11.5. The number of hydrogen-bond donors (Lipinski definition) is 1. The monoisotopic (exact) mass is 476 g/mol. The van der Waals surface area contributed by atoms with E-state index in [1.54, 1.807) is 6.92 Å². The number of rotatable bonds is 5. The number of hydrogen-bond acceptors (Lipinski definition) is 6. The third-order valence-electron chi connectivity index (χ3n) is 3.99. The summed E-state index contributed by atoms with van der Waals surface area (Å²) >= 11 is 6.20. The van der Waals surface area contributed by atoms with Crippen molar-refractivity contribution in [3.8, 4) is 16.9 Å². The summed E-state index contributed by atoms with van der Waals surface area (Å²) in [6.45, 7) is 0.0190. The molecular weight excluding hydrogens is 464 g/mol. The van der Waals surface area contributed by atoms with Crippen LogP contribution in [0.4, 0.5) is 22.7 Å². The molecule has 3 aromatic rings. The zero-order valence-corrected chi connectivity index (χ0v) is 17.5. The lowest BCUT2D eigenvalue weighted by molar-refractivity contribution is -0.143. The highest BCUT2D eigenvalue weighted by molar-refractivity contribution is 7.13. The quantitative estimate of drug-likeness (QED) is 0.555. The number of alkyl halides is 3. The number of halogens is 5. The van der Waals surface area contributed by atoms with Gasteiger partial charge < -0.3 is 4.74 Å². The van der Waals surface area contributed by atoms with E-state index in [1.165, 1.54) is 25.3 Å². The molecule has 1 amide bonds. The number of nitrogens with zero attached hydrogens (tertiary/aromatic N) is 3. The van der Waals surface area contributed by atoms with E-state index < -0.39 is 29.3 Å². The molecule has 0 bridgehead atoms. The Morgan fingerprint density at radius 1 is 1.35 bits per heavy atom. The zero-order valence-electron chi connectivity index (χ0n) is 15.9. The standard InChI is InChI=1S/C18H13ClF4N4O3S/c1-8-5-9(13-12(30-2)4-3-11(19)14(13)20)10(6-24-8)15(28)25-16-26-27(17(29)31-16)7-18(21,22)23/h3-6H,7H2,1-2H3,(H,25,26,28). The molecule has 0 saturated heterocycles. The van der Waals surface area contributed by atoms with E-state index in [2.05, 4.69) is 15.4 Å². The van der Waals surface area contributed by atoms with Gasteiger partial charge >= 0.3 is 11.0 Å². The van der Waals surface area contributed by atoms with Crippen LogP contribution in [-0.4, -0.2) is 34.0 Å². The van der Waals surface area contributed by atoms with Crippen molar-refractivity contribution < 1.29 is 27.1 Å². The molecule has 0 aliphatic carbocycles.